The number of halogens is 2. The van der Waals surface area contributed by atoms with Gasteiger partial charge in [-0.3, -0.25) is 5.43 Å². The van der Waals surface area contributed by atoms with E-state index in [1.807, 2.05) is 19.1 Å². The largest absolute Gasteiger partial charge is 0.503 e. The van der Waals surface area contributed by atoms with Crippen molar-refractivity contribution >= 4 is 35.1 Å². The molecule has 0 saturated heterocycles. The van der Waals surface area contributed by atoms with E-state index in [9.17, 15) is 5.11 Å². The zero-order valence-corrected chi connectivity index (χ0v) is 12.8. The molecule has 0 aliphatic rings. The van der Waals surface area contributed by atoms with E-state index in [0.717, 1.165) is 5.69 Å². The molecule has 6 heteroatoms. The highest BCUT2D eigenvalue weighted by Crippen LogP contribution is 2.34. The van der Waals surface area contributed by atoms with Gasteiger partial charge in [0.25, 0.3) is 0 Å². The summed E-state index contributed by atoms with van der Waals surface area (Å²) in [5.41, 5.74) is 4.39. The van der Waals surface area contributed by atoms with Gasteiger partial charge in [0.2, 0.25) is 0 Å². The Kier molecular flexibility index (Phi) is 5.31. The third-order valence-electron chi connectivity index (χ3n) is 2.60. The monoisotopic (exact) mass is 324 g/mol. The van der Waals surface area contributed by atoms with E-state index in [0.29, 0.717) is 22.9 Å². The Hall–Kier alpha value is -1.91. The molecular weight excluding hydrogens is 311 g/mol. The second-order valence-electron chi connectivity index (χ2n) is 4.16. The van der Waals surface area contributed by atoms with Gasteiger partial charge in [-0.1, -0.05) is 23.2 Å². The molecule has 0 spiro atoms. The third kappa shape index (κ3) is 4.28. The number of hydrogen-bond donors (Lipinski definition) is 2. The van der Waals surface area contributed by atoms with Crippen molar-refractivity contribution in [2.24, 2.45) is 5.10 Å². The smallest absolute Gasteiger partial charge is 0.176 e. The van der Waals surface area contributed by atoms with Gasteiger partial charge in [0.15, 0.2) is 11.5 Å². The predicted molar refractivity (Wildman–Crippen MR) is 87.0 cm³/mol. The van der Waals surface area contributed by atoms with Crippen LogP contribution in [0.25, 0.3) is 0 Å². The predicted octanol–water partition coefficient (Wildman–Crippen LogP) is 4.54. The molecule has 0 amide bonds. The molecule has 0 fully saturated rings. The van der Waals surface area contributed by atoms with Crippen LogP contribution in [-0.4, -0.2) is 17.9 Å². The number of nitrogens with zero attached hydrogens (tertiary/aromatic N) is 1. The standard InChI is InChI=1S/C15H14Cl2N2O2/c1-2-21-14-8-10(7-13(17)15(14)20)9-18-19-12-5-3-11(16)4-6-12/h3-9,19-20H,2H2,1H3/b18-9+. The second kappa shape index (κ2) is 7.20. The van der Waals surface area contributed by atoms with Crippen LogP contribution >= 0.6 is 23.2 Å². The lowest BCUT2D eigenvalue weighted by atomic mass is 10.2. The molecule has 0 bridgehead atoms. The van der Waals surface area contributed by atoms with Crippen LogP contribution in [-0.2, 0) is 0 Å². The van der Waals surface area contributed by atoms with Crippen LogP contribution in [0.2, 0.25) is 10.0 Å². The minimum Gasteiger partial charge on any atom is -0.503 e. The van der Waals surface area contributed by atoms with Gasteiger partial charge >= 0.3 is 0 Å². The van der Waals surface area contributed by atoms with Gasteiger partial charge < -0.3 is 9.84 Å². The van der Waals surface area contributed by atoms with Crippen molar-refractivity contribution < 1.29 is 9.84 Å². The lowest BCUT2D eigenvalue weighted by Gasteiger charge is -2.08. The Morgan fingerprint density at radius 2 is 1.95 bits per heavy atom. The van der Waals surface area contributed by atoms with Crippen molar-refractivity contribution in [1.29, 1.82) is 0 Å². The fourth-order valence-electron chi connectivity index (χ4n) is 1.64. The average Bonchev–Trinajstić information content (AvgIpc) is 2.46. The molecular formula is C15H14Cl2N2O2. The number of rotatable bonds is 5. The van der Waals surface area contributed by atoms with Gasteiger partial charge in [-0.15, -0.1) is 0 Å². The molecule has 110 valence electrons. The number of aromatic hydroxyl groups is 1. The highest BCUT2D eigenvalue weighted by atomic mass is 35.5. The van der Waals surface area contributed by atoms with Gasteiger partial charge in [-0.25, -0.2) is 0 Å². The van der Waals surface area contributed by atoms with Crippen LogP contribution in [0.1, 0.15) is 12.5 Å². The van der Waals surface area contributed by atoms with E-state index >= 15 is 0 Å². The summed E-state index contributed by atoms with van der Waals surface area (Å²) in [6.45, 7) is 2.27. The van der Waals surface area contributed by atoms with Crippen LogP contribution in [0.5, 0.6) is 11.5 Å². The maximum atomic E-state index is 9.75. The highest BCUT2D eigenvalue weighted by Gasteiger charge is 2.08. The Balaban J connectivity index is 2.11. The molecule has 2 aromatic rings. The topological polar surface area (TPSA) is 53.8 Å². The van der Waals surface area contributed by atoms with Gasteiger partial charge in [0, 0.05) is 5.02 Å². The van der Waals surface area contributed by atoms with Gasteiger partial charge in [0.1, 0.15) is 0 Å². The molecule has 4 nitrogen and oxygen atoms in total. The number of hydrazone groups is 1. The molecule has 21 heavy (non-hydrogen) atoms. The van der Waals surface area contributed by atoms with Crippen LogP contribution < -0.4 is 10.2 Å². The molecule has 2 rings (SSSR count). The van der Waals surface area contributed by atoms with Crippen LogP contribution in [0, 0.1) is 0 Å². The number of phenolic OH excluding ortho intramolecular Hbond substituents is 1. The molecule has 2 N–H and O–H groups in total. The summed E-state index contributed by atoms with van der Waals surface area (Å²) in [5, 5.41) is 14.7. The minimum atomic E-state index is -0.0682. The van der Waals surface area contributed by atoms with Crippen molar-refractivity contribution in [2.75, 3.05) is 12.0 Å². The molecule has 0 radical (unpaired) electrons. The quantitative estimate of drug-likeness (QED) is 0.627. The van der Waals surface area contributed by atoms with Crippen molar-refractivity contribution in [2.45, 2.75) is 6.92 Å². The van der Waals surface area contributed by atoms with Crippen molar-refractivity contribution in [3.05, 3.63) is 52.0 Å². The SMILES string of the molecule is CCOc1cc(/C=N/Nc2ccc(Cl)cc2)cc(Cl)c1O. The van der Waals surface area contributed by atoms with Crippen molar-refractivity contribution in [1.82, 2.24) is 0 Å². The van der Waals surface area contributed by atoms with E-state index < -0.39 is 0 Å². The summed E-state index contributed by atoms with van der Waals surface area (Å²) >= 11 is 11.7. The van der Waals surface area contributed by atoms with Crippen LogP contribution in [0.4, 0.5) is 5.69 Å². The molecule has 0 aliphatic heterocycles. The molecule has 0 aromatic heterocycles. The summed E-state index contributed by atoms with van der Waals surface area (Å²) < 4.78 is 5.30. The Bertz CT molecular complexity index is 643. The first-order valence-corrected chi connectivity index (χ1v) is 7.05. The summed E-state index contributed by atoms with van der Waals surface area (Å²) in [5.74, 6) is 0.263. The van der Waals surface area contributed by atoms with E-state index in [1.165, 1.54) is 0 Å². The summed E-state index contributed by atoms with van der Waals surface area (Å²) in [7, 11) is 0. The van der Waals surface area contributed by atoms with Crippen molar-refractivity contribution in [3.8, 4) is 11.5 Å². The Morgan fingerprint density at radius 1 is 1.24 bits per heavy atom. The first-order valence-electron chi connectivity index (χ1n) is 6.30. The summed E-state index contributed by atoms with van der Waals surface area (Å²) in [6.07, 6.45) is 1.59. The first-order chi connectivity index (χ1) is 10.1. The number of nitrogens with one attached hydrogen (secondary N) is 1. The lowest BCUT2D eigenvalue weighted by Crippen LogP contribution is -1.95. The van der Waals surface area contributed by atoms with E-state index in [4.69, 9.17) is 27.9 Å². The highest BCUT2D eigenvalue weighted by molar-refractivity contribution is 6.32. The Morgan fingerprint density at radius 3 is 2.62 bits per heavy atom. The number of hydrogen-bond acceptors (Lipinski definition) is 4. The minimum absolute atomic E-state index is 0.0682. The molecule has 0 aliphatic carbocycles. The maximum Gasteiger partial charge on any atom is 0.176 e. The zero-order valence-electron chi connectivity index (χ0n) is 11.3. The Labute approximate surface area is 133 Å². The average molecular weight is 325 g/mol. The number of ether oxygens (including phenoxy) is 1. The number of benzene rings is 2. The molecule has 0 saturated carbocycles. The van der Waals surface area contributed by atoms with Gasteiger partial charge in [-0.2, -0.15) is 5.10 Å². The first kappa shape index (κ1) is 15.5. The zero-order chi connectivity index (χ0) is 15.2. The van der Waals surface area contributed by atoms with Crippen LogP contribution in [0.3, 0.4) is 0 Å². The fourth-order valence-corrected chi connectivity index (χ4v) is 1.98. The normalized spacial score (nSPS) is 10.8. The number of anilines is 1. The summed E-state index contributed by atoms with van der Waals surface area (Å²) in [4.78, 5) is 0. The molecule has 0 heterocycles. The van der Waals surface area contributed by atoms with Gasteiger partial charge in [0.05, 0.1) is 23.5 Å². The molecule has 2 aromatic carbocycles. The van der Waals surface area contributed by atoms with E-state index in [1.54, 1.807) is 30.5 Å². The third-order valence-corrected chi connectivity index (χ3v) is 3.14. The van der Waals surface area contributed by atoms with Crippen LogP contribution in [0.15, 0.2) is 41.5 Å². The fraction of sp³-hybridized carbons (Fsp3) is 0.133. The number of phenols is 1. The van der Waals surface area contributed by atoms with Gasteiger partial charge in [-0.05, 0) is 48.9 Å². The van der Waals surface area contributed by atoms with E-state index in [-0.39, 0.29) is 10.8 Å². The van der Waals surface area contributed by atoms with Crippen molar-refractivity contribution in [3.63, 3.8) is 0 Å². The van der Waals surface area contributed by atoms with E-state index in [2.05, 4.69) is 10.5 Å². The molecule has 0 unspecified atom stereocenters. The molecule has 0 atom stereocenters. The lowest BCUT2D eigenvalue weighted by molar-refractivity contribution is 0.318. The summed E-state index contributed by atoms with van der Waals surface area (Å²) in [6, 6.07) is 10.4. The maximum absolute atomic E-state index is 9.75. The second-order valence-corrected chi connectivity index (χ2v) is 5.00.